The Morgan fingerprint density at radius 1 is 1.35 bits per heavy atom. The molecule has 0 bridgehead atoms. The van der Waals surface area contributed by atoms with Gasteiger partial charge in [0.25, 0.3) is 0 Å². The van der Waals surface area contributed by atoms with Crippen LogP contribution in [-0.4, -0.2) is 23.6 Å². The van der Waals surface area contributed by atoms with E-state index in [9.17, 15) is 32.5 Å². The highest BCUT2D eigenvalue weighted by atomic mass is 19.3. The number of nitro benzene ring substituents is 1. The Morgan fingerprint density at radius 2 is 1.95 bits per heavy atom. The zero-order valence-corrected chi connectivity index (χ0v) is 9.86. The summed E-state index contributed by atoms with van der Waals surface area (Å²) in [4.78, 5) is 19.9. The third-order valence-corrected chi connectivity index (χ3v) is 1.95. The summed E-state index contributed by atoms with van der Waals surface area (Å²) in [6.45, 7) is 0.870. The molecular formula is C10H7F4NO5. The van der Waals surface area contributed by atoms with Crippen LogP contribution in [0.2, 0.25) is 0 Å². The summed E-state index contributed by atoms with van der Waals surface area (Å²) in [6, 6.07) is 0.104. The van der Waals surface area contributed by atoms with Crippen LogP contribution in [0.1, 0.15) is 6.92 Å². The lowest BCUT2D eigenvalue weighted by atomic mass is 10.3. The third kappa shape index (κ3) is 3.33. The first-order valence-corrected chi connectivity index (χ1v) is 5.06. The van der Waals surface area contributed by atoms with E-state index in [2.05, 4.69) is 9.47 Å². The topological polar surface area (TPSA) is 78.7 Å². The number of nitro groups is 1. The molecule has 20 heavy (non-hydrogen) atoms. The number of rotatable bonds is 5. The summed E-state index contributed by atoms with van der Waals surface area (Å²) in [5.41, 5.74) is -1.26. The van der Waals surface area contributed by atoms with Crippen molar-refractivity contribution in [3.8, 4) is 5.75 Å². The molecule has 0 N–H and O–H groups in total. The first-order chi connectivity index (χ1) is 9.19. The minimum Gasteiger partial charge on any atom is -0.459 e. The molecule has 1 rings (SSSR count). The average molecular weight is 297 g/mol. The Kier molecular flexibility index (Phi) is 4.48. The normalized spacial score (nSPS) is 11.1. The van der Waals surface area contributed by atoms with Crippen LogP contribution in [0.25, 0.3) is 0 Å². The summed E-state index contributed by atoms with van der Waals surface area (Å²) in [5, 5.41) is 10.3. The Morgan fingerprint density at radius 3 is 2.45 bits per heavy atom. The molecule has 1 aromatic rings. The van der Waals surface area contributed by atoms with E-state index in [1.54, 1.807) is 0 Å². The number of ether oxygens (including phenoxy) is 2. The molecule has 0 aromatic heterocycles. The maximum atomic E-state index is 13.3. The number of benzene rings is 1. The Labute approximate surface area is 109 Å². The second-order valence-electron chi connectivity index (χ2n) is 3.33. The summed E-state index contributed by atoms with van der Waals surface area (Å²) < 4.78 is 60.4. The minimum absolute atomic E-state index is 0.0423. The van der Waals surface area contributed by atoms with Crippen LogP contribution >= 0.6 is 0 Å². The third-order valence-electron chi connectivity index (χ3n) is 1.95. The molecule has 0 unspecified atom stereocenters. The van der Waals surface area contributed by atoms with Gasteiger partial charge in [0.1, 0.15) is 0 Å². The van der Waals surface area contributed by atoms with Gasteiger partial charge in [-0.25, -0.2) is 9.18 Å². The Balaban J connectivity index is 3.07. The molecule has 0 radical (unpaired) electrons. The fourth-order valence-electron chi connectivity index (χ4n) is 1.13. The quantitative estimate of drug-likeness (QED) is 0.361. The lowest BCUT2D eigenvalue weighted by Gasteiger charge is -2.16. The second kappa shape index (κ2) is 5.72. The number of nitrogens with zero attached hydrogens (tertiary/aromatic N) is 1. The Bertz CT molecular complexity index is 549. The molecular weight excluding hydrogens is 290 g/mol. The number of carbonyl (C=O) groups excluding carboxylic acids is 1. The van der Waals surface area contributed by atoms with Gasteiger partial charge in [0.15, 0.2) is 11.6 Å². The molecule has 10 heteroatoms. The molecule has 0 saturated heterocycles. The van der Waals surface area contributed by atoms with Crippen LogP contribution in [0.3, 0.4) is 0 Å². The van der Waals surface area contributed by atoms with E-state index >= 15 is 0 Å². The summed E-state index contributed by atoms with van der Waals surface area (Å²) >= 11 is 0. The van der Waals surface area contributed by atoms with Crippen molar-refractivity contribution in [2.24, 2.45) is 0 Å². The molecule has 0 atom stereocenters. The van der Waals surface area contributed by atoms with Crippen molar-refractivity contribution in [2.75, 3.05) is 6.61 Å². The molecule has 0 amide bonds. The van der Waals surface area contributed by atoms with Crippen molar-refractivity contribution in [1.82, 2.24) is 0 Å². The van der Waals surface area contributed by atoms with E-state index in [1.165, 1.54) is 6.92 Å². The van der Waals surface area contributed by atoms with Crippen molar-refractivity contribution >= 4 is 11.7 Å². The predicted octanol–water partition coefficient (Wildman–Crippen LogP) is 2.41. The summed E-state index contributed by atoms with van der Waals surface area (Å²) in [7, 11) is 0. The van der Waals surface area contributed by atoms with E-state index in [0.29, 0.717) is 0 Å². The Hall–Kier alpha value is -2.39. The van der Waals surface area contributed by atoms with Gasteiger partial charge in [-0.15, -0.1) is 0 Å². The second-order valence-corrected chi connectivity index (χ2v) is 3.33. The van der Waals surface area contributed by atoms with Gasteiger partial charge in [-0.05, 0) is 6.92 Å². The SMILES string of the molecule is CCOC(=O)C(F)(F)Oc1cc(F)c([N+](=O)[O-])cc1F. The molecule has 0 aliphatic rings. The van der Waals surface area contributed by atoms with E-state index < -0.39 is 40.1 Å². The van der Waals surface area contributed by atoms with Gasteiger partial charge in [-0.3, -0.25) is 10.1 Å². The maximum absolute atomic E-state index is 13.3. The minimum atomic E-state index is -4.56. The van der Waals surface area contributed by atoms with E-state index in [-0.39, 0.29) is 18.7 Å². The first-order valence-electron chi connectivity index (χ1n) is 5.06. The lowest BCUT2D eigenvalue weighted by molar-refractivity contribution is -0.387. The zero-order chi connectivity index (χ0) is 15.5. The van der Waals surface area contributed by atoms with Gasteiger partial charge >= 0.3 is 17.8 Å². The van der Waals surface area contributed by atoms with Crippen molar-refractivity contribution in [1.29, 1.82) is 0 Å². The molecule has 0 aliphatic carbocycles. The molecule has 0 fully saturated rings. The van der Waals surface area contributed by atoms with Crippen LogP contribution in [0, 0.1) is 21.7 Å². The van der Waals surface area contributed by atoms with Gasteiger partial charge in [-0.2, -0.15) is 13.2 Å². The smallest absolute Gasteiger partial charge is 0.459 e. The molecule has 6 nitrogen and oxygen atoms in total. The first kappa shape index (κ1) is 15.7. The van der Waals surface area contributed by atoms with E-state index in [4.69, 9.17) is 0 Å². The van der Waals surface area contributed by atoms with Gasteiger partial charge < -0.3 is 9.47 Å². The lowest BCUT2D eigenvalue weighted by Crippen LogP contribution is -2.37. The van der Waals surface area contributed by atoms with Crippen LogP contribution in [0.5, 0.6) is 5.75 Å². The highest BCUT2D eigenvalue weighted by Gasteiger charge is 2.45. The standard InChI is InChI=1S/C10H7F4NO5/c1-2-19-9(16)10(13,14)20-8-4-5(11)7(15(17)18)3-6(8)12/h3-4H,2H2,1H3. The maximum Gasteiger partial charge on any atom is 0.502 e. The summed E-state index contributed by atoms with van der Waals surface area (Å²) in [6.07, 6.45) is -4.56. The number of hydrogen-bond acceptors (Lipinski definition) is 5. The highest BCUT2D eigenvalue weighted by molar-refractivity contribution is 5.76. The zero-order valence-electron chi connectivity index (χ0n) is 9.86. The monoisotopic (exact) mass is 297 g/mol. The van der Waals surface area contributed by atoms with Crippen LogP contribution in [0.15, 0.2) is 12.1 Å². The number of esters is 1. The summed E-state index contributed by atoms with van der Waals surface area (Å²) in [5.74, 6) is -6.67. The number of carbonyl (C=O) groups is 1. The van der Waals surface area contributed by atoms with Crippen LogP contribution < -0.4 is 4.74 Å². The largest absolute Gasteiger partial charge is 0.502 e. The number of halogens is 4. The van der Waals surface area contributed by atoms with Gasteiger partial charge in [0.05, 0.1) is 17.6 Å². The highest BCUT2D eigenvalue weighted by Crippen LogP contribution is 2.30. The van der Waals surface area contributed by atoms with Crippen LogP contribution in [0.4, 0.5) is 23.2 Å². The predicted molar refractivity (Wildman–Crippen MR) is 55.2 cm³/mol. The fourth-order valence-corrected chi connectivity index (χ4v) is 1.13. The average Bonchev–Trinajstić information content (AvgIpc) is 2.33. The van der Waals surface area contributed by atoms with Crippen molar-refractivity contribution < 1.29 is 36.8 Å². The molecule has 0 spiro atoms. The number of alkyl halides is 2. The molecule has 0 heterocycles. The van der Waals surface area contributed by atoms with Crippen LogP contribution in [-0.2, 0) is 9.53 Å². The van der Waals surface area contributed by atoms with E-state index in [1.807, 2.05) is 0 Å². The van der Waals surface area contributed by atoms with E-state index in [0.717, 1.165) is 0 Å². The van der Waals surface area contributed by atoms with Crippen molar-refractivity contribution in [3.05, 3.63) is 33.9 Å². The molecule has 0 aliphatic heterocycles. The van der Waals surface area contributed by atoms with Crippen molar-refractivity contribution in [3.63, 3.8) is 0 Å². The molecule has 110 valence electrons. The van der Waals surface area contributed by atoms with Gasteiger partial charge in [-0.1, -0.05) is 0 Å². The molecule has 0 saturated carbocycles. The van der Waals surface area contributed by atoms with Gasteiger partial charge in [0, 0.05) is 6.07 Å². The van der Waals surface area contributed by atoms with Crippen molar-refractivity contribution in [2.45, 2.75) is 13.0 Å². The van der Waals surface area contributed by atoms with Gasteiger partial charge in [0.2, 0.25) is 5.82 Å². The number of hydrogen-bond donors (Lipinski definition) is 0. The fraction of sp³-hybridized carbons (Fsp3) is 0.300. The molecule has 1 aromatic carbocycles.